The van der Waals surface area contributed by atoms with Gasteiger partial charge in [-0.05, 0) is 36.8 Å². The van der Waals surface area contributed by atoms with Gasteiger partial charge in [0.1, 0.15) is 11.4 Å². The first-order valence-corrected chi connectivity index (χ1v) is 11.6. The minimum Gasteiger partial charge on any atom is -0.487 e. The molecular formula is C28H21F7O4. The van der Waals surface area contributed by atoms with Crippen LogP contribution in [0, 0.1) is 40.9 Å². The Kier molecular flexibility index (Phi) is 9.46. The van der Waals surface area contributed by atoms with Crippen LogP contribution >= 0.6 is 0 Å². The fraction of sp³-hybridized carbons (Fsp3) is 0.250. The SMILES string of the molecule is CCCCCOc1c(F)c(F)c(C#Cc2ccc(C(=O)Oc3ccccc3OC(C)(F)F)c(F)c2)c(F)c1F. The topological polar surface area (TPSA) is 44.8 Å². The lowest BCUT2D eigenvalue weighted by molar-refractivity contribution is -0.159. The van der Waals surface area contributed by atoms with Crippen molar-refractivity contribution < 1.29 is 49.7 Å². The molecule has 0 aliphatic rings. The highest BCUT2D eigenvalue weighted by Crippen LogP contribution is 2.32. The van der Waals surface area contributed by atoms with Crippen LogP contribution in [0.25, 0.3) is 0 Å². The summed E-state index contributed by atoms with van der Waals surface area (Å²) in [5, 5.41) is 0. The van der Waals surface area contributed by atoms with E-state index in [0.717, 1.165) is 30.7 Å². The third kappa shape index (κ3) is 7.44. The molecule has 0 aliphatic heterocycles. The average Bonchev–Trinajstić information content (AvgIpc) is 2.87. The van der Waals surface area contributed by atoms with Crippen LogP contribution < -0.4 is 14.2 Å². The number of hydrogen-bond acceptors (Lipinski definition) is 4. The number of hydrogen-bond donors (Lipinski definition) is 0. The summed E-state index contributed by atoms with van der Waals surface area (Å²) in [4.78, 5) is 12.4. The first kappa shape index (κ1) is 29.4. The summed E-state index contributed by atoms with van der Waals surface area (Å²) >= 11 is 0. The third-order valence-corrected chi connectivity index (χ3v) is 5.08. The number of esters is 1. The van der Waals surface area contributed by atoms with Crippen molar-refractivity contribution in [1.82, 2.24) is 0 Å². The Hall–Kier alpha value is -4.20. The van der Waals surface area contributed by atoms with Gasteiger partial charge in [-0.15, -0.1) is 0 Å². The first-order chi connectivity index (χ1) is 18.4. The zero-order chi connectivity index (χ0) is 28.7. The Morgan fingerprint density at radius 2 is 1.51 bits per heavy atom. The van der Waals surface area contributed by atoms with Crippen molar-refractivity contribution in [3.05, 3.63) is 88.2 Å². The molecule has 0 radical (unpaired) electrons. The molecule has 0 spiro atoms. The molecule has 11 heteroatoms. The van der Waals surface area contributed by atoms with Gasteiger partial charge in [0.25, 0.3) is 0 Å². The Balaban J connectivity index is 1.82. The summed E-state index contributed by atoms with van der Waals surface area (Å²) in [5.74, 6) is -7.52. The van der Waals surface area contributed by atoms with Crippen molar-refractivity contribution in [3.63, 3.8) is 0 Å². The number of ether oxygens (including phenoxy) is 3. The fourth-order valence-corrected chi connectivity index (χ4v) is 3.23. The number of carbonyl (C=O) groups excluding carboxylic acids is 1. The van der Waals surface area contributed by atoms with E-state index in [1.165, 1.54) is 12.1 Å². The highest BCUT2D eigenvalue weighted by Gasteiger charge is 2.27. The lowest BCUT2D eigenvalue weighted by Gasteiger charge is -2.16. The largest absolute Gasteiger partial charge is 0.487 e. The fourth-order valence-electron chi connectivity index (χ4n) is 3.23. The monoisotopic (exact) mass is 554 g/mol. The van der Waals surface area contributed by atoms with Crippen LogP contribution in [0.5, 0.6) is 17.2 Å². The van der Waals surface area contributed by atoms with Crippen molar-refractivity contribution >= 4 is 5.97 Å². The Morgan fingerprint density at radius 1 is 0.872 bits per heavy atom. The molecule has 0 aromatic heterocycles. The van der Waals surface area contributed by atoms with Gasteiger partial charge in [-0.2, -0.15) is 17.6 Å². The van der Waals surface area contributed by atoms with Crippen molar-refractivity contribution in [3.8, 4) is 29.1 Å². The minimum absolute atomic E-state index is 0.149. The molecule has 206 valence electrons. The van der Waals surface area contributed by atoms with Gasteiger partial charge in [0.2, 0.25) is 11.6 Å². The van der Waals surface area contributed by atoms with Crippen molar-refractivity contribution in [2.24, 2.45) is 0 Å². The van der Waals surface area contributed by atoms with Crippen LogP contribution in [0.3, 0.4) is 0 Å². The molecule has 0 atom stereocenters. The lowest BCUT2D eigenvalue weighted by atomic mass is 10.1. The average molecular weight is 554 g/mol. The van der Waals surface area contributed by atoms with Crippen LogP contribution in [-0.4, -0.2) is 18.7 Å². The van der Waals surface area contributed by atoms with Crippen LogP contribution in [0.1, 0.15) is 54.6 Å². The normalized spacial score (nSPS) is 11.0. The summed E-state index contributed by atoms with van der Waals surface area (Å²) < 4.78 is 113. The zero-order valence-electron chi connectivity index (χ0n) is 20.6. The summed E-state index contributed by atoms with van der Waals surface area (Å²) in [6, 6.07) is 7.69. The predicted molar refractivity (Wildman–Crippen MR) is 126 cm³/mol. The van der Waals surface area contributed by atoms with Gasteiger partial charge < -0.3 is 14.2 Å². The smallest absolute Gasteiger partial charge is 0.395 e. The number of unbranched alkanes of at least 4 members (excludes halogenated alkanes) is 2. The highest BCUT2D eigenvalue weighted by atomic mass is 19.3. The van der Waals surface area contributed by atoms with E-state index in [2.05, 4.69) is 10.7 Å². The molecule has 0 N–H and O–H groups in total. The van der Waals surface area contributed by atoms with Crippen molar-refractivity contribution in [1.29, 1.82) is 0 Å². The molecule has 3 rings (SSSR count). The number of rotatable bonds is 9. The van der Waals surface area contributed by atoms with E-state index < -0.39 is 69.5 Å². The Morgan fingerprint density at radius 3 is 2.10 bits per heavy atom. The number of benzene rings is 3. The molecule has 0 fully saturated rings. The number of alkyl halides is 2. The number of halogens is 7. The molecule has 39 heavy (non-hydrogen) atoms. The first-order valence-electron chi connectivity index (χ1n) is 11.6. The molecule has 0 aliphatic carbocycles. The second kappa shape index (κ2) is 12.6. The van der Waals surface area contributed by atoms with E-state index in [9.17, 15) is 35.5 Å². The lowest BCUT2D eigenvalue weighted by Crippen LogP contribution is -2.20. The molecule has 3 aromatic rings. The molecule has 4 nitrogen and oxygen atoms in total. The summed E-state index contributed by atoms with van der Waals surface area (Å²) in [5.41, 5.74) is -2.07. The van der Waals surface area contributed by atoms with Crippen molar-refractivity contribution in [2.75, 3.05) is 6.61 Å². The van der Waals surface area contributed by atoms with Gasteiger partial charge in [0, 0.05) is 12.5 Å². The van der Waals surface area contributed by atoms with Crippen LogP contribution in [0.15, 0.2) is 42.5 Å². The Bertz CT molecular complexity index is 1390. The Labute approximate surface area is 219 Å². The van der Waals surface area contributed by atoms with E-state index in [1.807, 2.05) is 12.8 Å². The quantitative estimate of drug-likeness (QED) is 0.0684. The second-order valence-corrected chi connectivity index (χ2v) is 8.21. The maximum absolute atomic E-state index is 14.6. The van der Waals surface area contributed by atoms with Crippen LogP contribution in [0.4, 0.5) is 30.7 Å². The van der Waals surface area contributed by atoms with Gasteiger partial charge in [-0.3, -0.25) is 0 Å². The summed E-state index contributed by atoms with van der Waals surface area (Å²) in [6.45, 7) is 2.21. The molecule has 0 saturated carbocycles. The molecule has 0 saturated heterocycles. The molecular weight excluding hydrogens is 533 g/mol. The standard InChI is InChI=1S/C28H21F7O4/c1-3-4-7-14-37-26-24(32)22(30)18(23(31)25(26)33)13-11-16-10-12-17(19(29)15-16)27(36)38-20-8-5-6-9-21(20)39-28(2,34)35/h5-6,8-10,12,15H,3-4,7,14H2,1-2H3. The van der Waals surface area contributed by atoms with Gasteiger partial charge in [-0.1, -0.05) is 43.7 Å². The van der Waals surface area contributed by atoms with Crippen LogP contribution in [-0.2, 0) is 0 Å². The minimum atomic E-state index is -3.58. The van der Waals surface area contributed by atoms with Gasteiger partial charge in [0.05, 0.1) is 12.2 Å². The van der Waals surface area contributed by atoms with Crippen molar-refractivity contribution in [2.45, 2.75) is 39.2 Å². The van der Waals surface area contributed by atoms with Gasteiger partial charge >= 0.3 is 12.1 Å². The molecule has 0 heterocycles. The molecule has 0 unspecified atom stereocenters. The number of carbonyl (C=O) groups is 1. The van der Waals surface area contributed by atoms with Gasteiger partial charge in [0.15, 0.2) is 28.9 Å². The maximum Gasteiger partial charge on any atom is 0.395 e. The molecule has 0 bridgehead atoms. The maximum atomic E-state index is 14.6. The second-order valence-electron chi connectivity index (χ2n) is 8.21. The van der Waals surface area contributed by atoms with E-state index in [4.69, 9.17) is 9.47 Å². The van der Waals surface area contributed by atoms with E-state index in [0.29, 0.717) is 25.8 Å². The predicted octanol–water partition coefficient (Wildman–Crippen LogP) is 7.56. The number of para-hydroxylation sites is 2. The summed E-state index contributed by atoms with van der Waals surface area (Å²) in [6.07, 6.45) is -1.69. The third-order valence-electron chi connectivity index (χ3n) is 5.08. The van der Waals surface area contributed by atoms with Crippen LogP contribution in [0.2, 0.25) is 0 Å². The van der Waals surface area contributed by atoms with E-state index in [-0.39, 0.29) is 12.2 Å². The molecule has 3 aromatic carbocycles. The van der Waals surface area contributed by atoms with E-state index >= 15 is 0 Å². The summed E-state index contributed by atoms with van der Waals surface area (Å²) in [7, 11) is 0. The van der Waals surface area contributed by atoms with E-state index in [1.54, 1.807) is 0 Å². The zero-order valence-corrected chi connectivity index (χ0v) is 20.6. The van der Waals surface area contributed by atoms with Gasteiger partial charge in [-0.25, -0.2) is 18.0 Å². The highest BCUT2D eigenvalue weighted by molar-refractivity contribution is 5.91. The molecule has 0 amide bonds.